The third-order valence-electron chi connectivity index (χ3n) is 4.95. The minimum Gasteiger partial charge on any atom is -0.496 e. The second-order valence-corrected chi connectivity index (χ2v) is 6.60. The van der Waals surface area contributed by atoms with Gasteiger partial charge in [-0.25, -0.2) is 4.98 Å². The van der Waals surface area contributed by atoms with E-state index in [2.05, 4.69) is 15.3 Å². The van der Waals surface area contributed by atoms with Crippen LogP contribution in [0.3, 0.4) is 0 Å². The van der Waals surface area contributed by atoms with Crippen molar-refractivity contribution < 1.29 is 14.6 Å². The van der Waals surface area contributed by atoms with Gasteiger partial charge >= 0.3 is 0 Å². The second kappa shape index (κ2) is 6.80. The Morgan fingerprint density at radius 1 is 1.31 bits per heavy atom. The third-order valence-corrected chi connectivity index (χ3v) is 4.95. The maximum Gasteiger partial charge on any atom is 0.228 e. The molecule has 4 rings (SSSR count). The number of para-hydroxylation sites is 1. The normalized spacial score (nSPS) is 18.7. The molecule has 2 heterocycles. The summed E-state index contributed by atoms with van der Waals surface area (Å²) in [5.41, 5.74) is 2.71. The maximum atomic E-state index is 12.2. The average molecular weight is 351 g/mol. The Morgan fingerprint density at radius 3 is 2.96 bits per heavy atom. The van der Waals surface area contributed by atoms with Crippen molar-refractivity contribution in [2.45, 2.75) is 12.8 Å². The molecular formula is C20H21N3O3. The lowest BCUT2D eigenvalue weighted by Gasteiger charge is -2.07. The molecule has 3 N–H and O–H groups in total. The summed E-state index contributed by atoms with van der Waals surface area (Å²) in [4.78, 5) is 19.9. The third kappa shape index (κ3) is 3.04. The average Bonchev–Trinajstić information content (AvgIpc) is 3.31. The van der Waals surface area contributed by atoms with Gasteiger partial charge in [-0.2, -0.15) is 0 Å². The number of aromatic nitrogens is 2. The predicted octanol–water partition coefficient (Wildman–Crippen LogP) is 3.20. The Hall–Kier alpha value is -2.86. The van der Waals surface area contributed by atoms with E-state index in [1.807, 2.05) is 42.6 Å². The van der Waals surface area contributed by atoms with Crippen LogP contribution in [0.5, 0.6) is 5.75 Å². The molecule has 2 atom stereocenters. The van der Waals surface area contributed by atoms with E-state index in [4.69, 9.17) is 9.84 Å². The van der Waals surface area contributed by atoms with Crippen molar-refractivity contribution in [3.05, 3.63) is 42.6 Å². The smallest absolute Gasteiger partial charge is 0.228 e. The highest BCUT2D eigenvalue weighted by Gasteiger charge is 2.42. The molecule has 0 bridgehead atoms. The number of nitrogens with one attached hydrogen (secondary N) is 2. The first-order valence-corrected chi connectivity index (χ1v) is 8.74. The number of benzene rings is 1. The van der Waals surface area contributed by atoms with E-state index in [9.17, 15) is 4.79 Å². The number of fused-ring (bicyclic) bond motifs is 1. The van der Waals surface area contributed by atoms with Crippen molar-refractivity contribution in [3.8, 4) is 16.9 Å². The van der Waals surface area contributed by atoms with Crippen LogP contribution >= 0.6 is 0 Å². The number of anilines is 1. The topological polar surface area (TPSA) is 87.2 Å². The molecule has 3 aromatic rings. The van der Waals surface area contributed by atoms with E-state index in [0.717, 1.165) is 28.7 Å². The number of aromatic amines is 1. The molecule has 134 valence electrons. The summed E-state index contributed by atoms with van der Waals surface area (Å²) in [7, 11) is 1.65. The van der Waals surface area contributed by atoms with Crippen LogP contribution in [0.2, 0.25) is 0 Å². The summed E-state index contributed by atoms with van der Waals surface area (Å²) in [5.74, 6) is 1.60. The molecule has 1 fully saturated rings. The van der Waals surface area contributed by atoms with E-state index in [-0.39, 0.29) is 18.4 Å². The molecule has 1 aliphatic carbocycles. The molecular weight excluding hydrogens is 330 g/mol. The van der Waals surface area contributed by atoms with Gasteiger partial charge in [0.05, 0.1) is 7.11 Å². The number of carbonyl (C=O) groups is 1. The standard InChI is InChI=1S/C20H21N3O3/c1-26-17-5-3-2-4-13(17)16-11-21-19-14(16)6-7-18(22-19)23-20(25)15-10-12(15)8-9-24/h2-7,11-12,15,24H,8-10H2,1H3,(H2,21,22,23,25)/t12-,15-/m1/s1. The predicted molar refractivity (Wildman–Crippen MR) is 100 cm³/mol. The van der Waals surface area contributed by atoms with Crippen molar-refractivity contribution in [1.82, 2.24) is 9.97 Å². The van der Waals surface area contributed by atoms with Gasteiger partial charge in [0, 0.05) is 35.2 Å². The second-order valence-electron chi connectivity index (χ2n) is 6.60. The van der Waals surface area contributed by atoms with Crippen molar-refractivity contribution in [3.63, 3.8) is 0 Å². The van der Waals surface area contributed by atoms with Crippen molar-refractivity contribution >= 4 is 22.8 Å². The zero-order valence-corrected chi connectivity index (χ0v) is 14.5. The van der Waals surface area contributed by atoms with Crippen LogP contribution in [0.4, 0.5) is 5.82 Å². The van der Waals surface area contributed by atoms with E-state index < -0.39 is 0 Å². The number of amides is 1. The fourth-order valence-corrected chi connectivity index (χ4v) is 3.44. The molecule has 0 saturated heterocycles. The highest BCUT2D eigenvalue weighted by atomic mass is 16.5. The highest BCUT2D eigenvalue weighted by Crippen LogP contribution is 2.41. The van der Waals surface area contributed by atoms with Crippen LogP contribution in [-0.2, 0) is 4.79 Å². The first kappa shape index (κ1) is 16.6. The molecule has 1 aromatic carbocycles. The Bertz CT molecular complexity index is 950. The van der Waals surface area contributed by atoms with Crippen molar-refractivity contribution in [1.29, 1.82) is 0 Å². The number of hydrogen-bond acceptors (Lipinski definition) is 4. The zero-order chi connectivity index (χ0) is 18.1. The van der Waals surface area contributed by atoms with Gasteiger partial charge in [0.2, 0.25) is 5.91 Å². The summed E-state index contributed by atoms with van der Waals surface area (Å²) in [5, 5.41) is 12.8. The molecule has 0 spiro atoms. The van der Waals surface area contributed by atoms with E-state index in [0.29, 0.717) is 23.8 Å². The van der Waals surface area contributed by atoms with Gasteiger partial charge in [-0.05, 0) is 37.0 Å². The highest BCUT2D eigenvalue weighted by molar-refractivity contribution is 5.98. The minimum absolute atomic E-state index is 0.00701. The Kier molecular flexibility index (Phi) is 4.34. The molecule has 2 aromatic heterocycles. The number of aliphatic hydroxyl groups excluding tert-OH is 1. The quantitative estimate of drug-likeness (QED) is 0.636. The Labute approximate surface area is 151 Å². The van der Waals surface area contributed by atoms with Crippen LogP contribution in [0.25, 0.3) is 22.2 Å². The van der Waals surface area contributed by atoms with Crippen LogP contribution in [0, 0.1) is 11.8 Å². The lowest BCUT2D eigenvalue weighted by molar-refractivity contribution is -0.117. The largest absolute Gasteiger partial charge is 0.496 e. The number of nitrogens with zero attached hydrogens (tertiary/aromatic N) is 1. The van der Waals surface area contributed by atoms with E-state index in [1.54, 1.807) is 7.11 Å². The molecule has 0 radical (unpaired) electrons. The number of carbonyl (C=O) groups excluding carboxylic acids is 1. The molecule has 26 heavy (non-hydrogen) atoms. The zero-order valence-electron chi connectivity index (χ0n) is 14.5. The molecule has 1 saturated carbocycles. The summed E-state index contributed by atoms with van der Waals surface area (Å²) >= 11 is 0. The van der Waals surface area contributed by atoms with Gasteiger partial charge in [-0.15, -0.1) is 0 Å². The Balaban J connectivity index is 1.57. The number of pyridine rings is 1. The maximum absolute atomic E-state index is 12.2. The van der Waals surface area contributed by atoms with Crippen LogP contribution < -0.4 is 10.1 Å². The molecule has 6 nitrogen and oxygen atoms in total. The molecule has 1 amide bonds. The molecule has 0 aliphatic heterocycles. The first-order chi connectivity index (χ1) is 12.7. The minimum atomic E-state index is -0.0215. The molecule has 6 heteroatoms. The van der Waals surface area contributed by atoms with E-state index in [1.165, 1.54) is 0 Å². The van der Waals surface area contributed by atoms with Gasteiger partial charge < -0.3 is 20.1 Å². The van der Waals surface area contributed by atoms with Gasteiger partial charge in [0.25, 0.3) is 0 Å². The SMILES string of the molecule is COc1ccccc1-c1c[nH]c2nc(NC(=O)[C@@H]3C[C@H]3CCO)ccc12. The van der Waals surface area contributed by atoms with Crippen molar-refractivity contribution in [2.75, 3.05) is 19.0 Å². The van der Waals surface area contributed by atoms with E-state index >= 15 is 0 Å². The van der Waals surface area contributed by atoms with Gasteiger partial charge in [0.1, 0.15) is 17.2 Å². The fraction of sp³-hybridized carbons (Fsp3) is 0.300. The summed E-state index contributed by atoms with van der Waals surface area (Å²) < 4.78 is 5.45. The lowest BCUT2D eigenvalue weighted by atomic mass is 10.0. The summed E-state index contributed by atoms with van der Waals surface area (Å²) in [6.07, 6.45) is 3.43. The number of hydrogen-bond donors (Lipinski definition) is 3. The molecule has 1 aliphatic rings. The Morgan fingerprint density at radius 2 is 2.15 bits per heavy atom. The summed E-state index contributed by atoms with van der Waals surface area (Å²) in [6, 6.07) is 11.6. The lowest BCUT2D eigenvalue weighted by Crippen LogP contribution is -2.15. The fourth-order valence-electron chi connectivity index (χ4n) is 3.44. The number of aliphatic hydroxyl groups is 1. The number of methoxy groups -OCH3 is 1. The number of ether oxygens (including phenoxy) is 1. The number of H-pyrrole nitrogens is 1. The van der Waals surface area contributed by atoms with Crippen molar-refractivity contribution in [2.24, 2.45) is 11.8 Å². The van der Waals surface area contributed by atoms with Gasteiger partial charge in [0.15, 0.2) is 0 Å². The first-order valence-electron chi connectivity index (χ1n) is 8.74. The van der Waals surface area contributed by atoms with Crippen LogP contribution in [0.1, 0.15) is 12.8 Å². The monoisotopic (exact) mass is 351 g/mol. The van der Waals surface area contributed by atoms with Gasteiger partial charge in [-0.1, -0.05) is 18.2 Å². The number of rotatable bonds is 6. The summed E-state index contributed by atoms with van der Waals surface area (Å²) in [6.45, 7) is 0.132. The van der Waals surface area contributed by atoms with Crippen LogP contribution in [0.15, 0.2) is 42.6 Å². The van der Waals surface area contributed by atoms with Crippen LogP contribution in [-0.4, -0.2) is 34.7 Å². The molecule has 0 unspecified atom stereocenters. The van der Waals surface area contributed by atoms with Gasteiger partial charge in [-0.3, -0.25) is 4.79 Å².